The van der Waals surface area contributed by atoms with Crippen LogP contribution in [0.25, 0.3) is 0 Å². The lowest BCUT2D eigenvalue weighted by Crippen LogP contribution is -2.47. The van der Waals surface area contributed by atoms with Gasteiger partial charge in [-0.3, -0.25) is 9.59 Å². The normalized spacial score (nSPS) is 26.4. The van der Waals surface area contributed by atoms with Crippen molar-refractivity contribution in [1.29, 1.82) is 0 Å². The van der Waals surface area contributed by atoms with Gasteiger partial charge in [-0.15, -0.1) is 0 Å². The van der Waals surface area contributed by atoms with E-state index in [1.54, 1.807) is 0 Å². The molecule has 0 bridgehead atoms. The number of likely N-dealkylation sites (tertiary alicyclic amines) is 3. The summed E-state index contributed by atoms with van der Waals surface area (Å²) in [6, 6.07) is 8.31. The maximum Gasteiger partial charge on any atom is 0.228 e. The molecule has 0 saturated carbocycles. The smallest absolute Gasteiger partial charge is 0.228 e. The lowest BCUT2D eigenvalue weighted by Gasteiger charge is -2.38. The van der Waals surface area contributed by atoms with Crippen LogP contribution in [0.15, 0.2) is 24.3 Å². The van der Waals surface area contributed by atoms with E-state index in [4.69, 9.17) is 0 Å². The SMILES string of the molecule is Cc1ccc(CN2CC(C(=O)N3CCCC(CN4CCC(C)CC4)C3)CC2=O)cc1. The van der Waals surface area contributed by atoms with E-state index in [0.717, 1.165) is 37.5 Å². The monoisotopic (exact) mass is 411 g/mol. The standard InChI is InChI=1S/C25H37N3O2/c1-19-5-7-21(8-6-19)16-28-18-23(14-24(28)29)25(30)27-11-3-4-22(17-27)15-26-12-9-20(2)10-13-26/h5-8,20,22-23H,3-4,9-18H2,1-2H3. The van der Waals surface area contributed by atoms with E-state index in [1.165, 1.54) is 37.9 Å². The molecule has 30 heavy (non-hydrogen) atoms. The third-order valence-electron chi connectivity index (χ3n) is 7.28. The van der Waals surface area contributed by atoms with Crippen LogP contribution in [-0.2, 0) is 16.1 Å². The average Bonchev–Trinajstić information content (AvgIpc) is 3.11. The fourth-order valence-electron chi connectivity index (χ4n) is 5.29. The van der Waals surface area contributed by atoms with E-state index in [9.17, 15) is 9.59 Å². The molecule has 3 saturated heterocycles. The van der Waals surface area contributed by atoms with Crippen molar-refractivity contribution in [2.24, 2.45) is 17.8 Å². The number of carbonyl (C=O) groups is 2. The Bertz CT molecular complexity index is 739. The molecule has 0 N–H and O–H groups in total. The van der Waals surface area contributed by atoms with Crippen molar-refractivity contribution >= 4 is 11.8 Å². The van der Waals surface area contributed by atoms with Crippen LogP contribution in [0.1, 0.15) is 50.2 Å². The minimum Gasteiger partial charge on any atom is -0.342 e. The zero-order chi connectivity index (χ0) is 21.1. The van der Waals surface area contributed by atoms with Crippen LogP contribution in [0.2, 0.25) is 0 Å². The van der Waals surface area contributed by atoms with Crippen LogP contribution in [0.4, 0.5) is 0 Å². The molecule has 5 heteroatoms. The van der Waals surface area contributed by atoms with Gasteiger partial charge in [-0.1, -0.05) is 36.8 Å². The average molecular weight is 412 g/mol. The first-order valence-corrected chi connectivity index (χ1v) is 11.8. The molecule has 2 amide bonds. The fraction of sp³-hybridized carbons (Fsp3) is 0.680. The quantitative estimate of drug-likeness (QED) is 0.747. The van der Waals surface area contributed by atoms with Crippen LogP contribution >= 0.6 is 0 Å². The summed E-state index contributed by atoms with van der Waals surface area (Å²) in [6.45, 7) is 10.9. The number of hydrogen-bond donors (Lipinski definition) is 0. The Morgan fingerprint density at radius 1 is 1.03 bits per heavy atom. The van der Waals surface area contributed by atoms with Gasteiger partial charge in [0, 0.05) is 39.1 Å². The maximum absolute atomic E-state index is 13.2. The van der Waals surface area contributed by atoms with E-state index in [1.807, 2.05) is 4.90 Å². The summed E-state index contributed by atoms with van der Waals surface area (Å²) >= 11 is 0. The summed E-state index contributed by atoms with van der Waals surface area (Å²) in [7, 11) is 0. The van der Waals surface area contributed by atoms with Crippen LogP contribution < -0.4 is 0 Å². The second-order valence-corrected chi connectivity index (χ2v) is 9.94. The van der Waals surface area contributed by atoms with Crippen molar-refractivity contribution < 1.29 is 9.59 Å². The van der Waals surface area contributed by atoms with Gasteiger partial charge in [-0.25, -0.2) is 0 Å². The summed E-state index contributed by atoms with van der Waals surface area (Å²) in [4.78, 5) is 32.3. The molecule has 2 unspecified atom stereocenters. The van der Waals surface area contributed by atoms with Gasteiger partial charge in [0.15, 0.2) is 0 Å². The number of rotatable bonds is 5. The van der Waals surface area contributed by atoms with Crippen molar-refractivity contribution in [2.75, 3.05) is 39.3 Å². The first kappa shape index (κ1) is 21.4. The second-order valence-electron chi connectivity index (χ2n) is 9.94. The third kappa shape index (κ3) is 5.23. The Morgan fingerprint density at radius 3 is 2.50 bits per heavy atom. The molecule has 4 rings (SSSR count). The molecule has 1 aromatic carbocycles. The van der Waals surface area contributed by atoms with Gasteiger partial charge in [0.2, 0.25) is 11.8 Å². The molecule has 0 aromatic heterocycles. The first-order chi connectivity index (χ1) is 14.5. The third-order valence-corrected chi connectivity index (χ3v) is 7.28. The Labute approximate surface area is 181 Å². The minimum absolute atomic E-state index is 0.116. The van der Waals surface area contributed by atoms with Crippen molar-refractivity contribution in [1.82, 2.24) is 14.7 Å². The topological polar surface area (TPSA) is 43.9 Å². The summed E-state index contributed by atoms with van der Waals surface area (Å²) in [5.74, 6) is 1.58. The highest BCUT2D eigenvalue weighted by molar-refractivity contribution is 5.89. The molecule has 3 aliphatic rings. The van der Waals surface area contributed by atoms with Crippen molar-refractivity contribution in [2.45, 2.75) is 52.5 Å². The number of carbonyl (C=O) groups excluding carboxylic acids is 2. The number of piperidine rings is 2. The van der Waals surface area contributed by atoms with E-state index >= 15 is 0 Å². The van der Waals surface area contributed by atoms with E-state index < -0.39 is 0 Å². The van der Waals surface area contributed by atoms with E-state index in [-0.39, 0.29) is 17.7 Å². The van der Waals surface area contributed by atoms with Gasteiger partial charge in [-0.2, -0.15) is 0 Å². The molecule has 3 aliphatic heterocycles. The molecule has 5 nitrogen and oxygen atoms in total. The molecule has 164 valence electrons. The van der Waals surface area contributed by atoms with Gasteiger partial charge in [-0.05, 0) is 63.1 Å². The molecule has 0 aliphatic carbocycles. The largest absolute Gasteiger partial charge is 0.342 e. The summed E-state index contributed by atoms with van der Waals surface area (Å²) in [6.07, 6.45) is 5.29. The summed E-state index contributed by atoms with van der Waals surface area (Å²) in [5, 5.41) is 0. The number of amides is 2. The highest BCUT2D eigenvalue weighted by atomic mass is 16.2. The van der Waals surface area contributed by atoms with Gasteiger partial charge >= 0.3 is 0 Å². The second kappa shape index (κ2) is 9.51. The molecule has 3 heterocycles. The highest BCUT2D eigenvalue weighted by Crippen LogP contribution is 2.26. The molecular weight excluding hydrogens is 374 g/mol. The van der Waals surface area contributed by atoms with Crippen molar-refractivity contribution in [3.63, 3.8) is 0 Å². The summed E-state index contributed by atoms with van der Waals surface area (Å²) < 4.78 is 0. The molecule has 3 fully saturated rings. The Balaban J connectivity index is 1.29. The molecule has 0 radical (unpaired) electrons. The number of nitrogens with zero attached hydrogens (tertiary/aromatic N) is 3. The van der Waals surface area contributed by atoms with Crippen LogP contribution in [-0.4, -0.2) is 65.8 Å². The first-order valence-electron chi connectivity index (χ1n) is 11.8. The van der Waals surface area contributed by atoms with Crippen LogP contribution in [0.5, 0.6) is 0 Å². The maximum atomic E-state index is 13.2. The Hall–Kier alpha value is -1.88. The van der Waals surface area contributed by atoms with Crippen LogP contribution in [0.3, 0.4) is 0 Å². The van der Waals surface area contributed by atoms with Crippen LogP contribution in [0, 0.1) is 24.7 Å². The zero-order valence-electron chi connectivity index (χ0n) is 18.7. The van der Waals surface area contributed by atoms with E-state index in [2.05, 4.69) is 47.9 Å². The highest BCUT2D eigenvalue weighted by Gasteiger charge is 2.38. The molecule has 0 spiro atoms. The number of hydrogen-bond acceptors (Lipinski definition) is 3. The molecule has 1 aromatic rings. The fourth-order valence-corrected chi connectivity index (χ4v) is 5.29. The molecule has 2 atom stereocenters. The van der Waals surface area contributed by atoms with Gasteiger partial charge < -0.3 is 14.7 Å². The van der Waals surface area contributed by atoms with Gasteiger partial charge in [0.25, 0.3) is 0 Å². The van der Waals surface area contributed by atoms with E-state index in [0.29, 0.717) is 25.4 Å². The van der Waals surface area contributed by atoms with Gasteiger partial charge in [0.05, 0.1) is 5.92 Å². The summed E-state index contributed by atoms with van der Waals surface area (Å²) in [5.41, 5.74) is 2.36. The number of aryl methyl sites for hydroxylation is 1. The number of benzene rings is 1. The predicted octanol–water partition coefficient (Wildman–Crippen LogP) is 3.31. The Kier molecular flexibility index (Phi) is 6.77. The molecular formula is C25H37N3O2. The lowest BCUT2D eigenvalue weighted by molar-refractivity contribution is -0.137. The Morgan fingerprint density at radius 2 is 1.77 bits per heavy atom. The van der Waals surface area contributed by atoms with Crippen molar-refractivity contribution in [3.8, 4) is 0 Å². The predicted molar refractivity (Wildman–Crippen MR) is 119 cm³/mol. The van der Waals surface area contributed by atoms with Gasteiger partial charge in [0.1, 0.15) is 0 Å². The van der Waals surface area contributed by atoms with Crippen molar-refractivity contribution in [3.05, 3.63) is 35.4 Å². The minimum atomic E-state index is -0.169. The zero-order valence-corrected chi connectivity index (χ0v) is 18.7. The lowest BCUT2D eigenvalue weighted by atomic mass is 9.93.